The van der Waals surface area contributed by atoms with E-state index in [1.807, 2.05) is 7.05 Å². The molecule has 1 aromatic heterocycles. The maximum atomic E-state index is 2.15. The van der Waals surface area contributed by atoms with Crippen molar-refractivity contribution in [3.63, 3.8) is 0 Å². The Morgan fingerprint density at radius 2 is 2.36 bits per heavy atom. The number of imidazole rings is 1. The molecule has 1 rings (SSSR count). The summed E-state index contributed by atoms with van der Waals surface area (Å²) in [6, 6.07) is 0. The van der Waals surface area contributed by atoms with Gasteiger partial charge < -0.3 is 0 Å². The maximum absolute atomic E-state index is 2.15. The average Bonchev–Trinajstić information content (AvgIpc) is 2.31. The second kappa shape index (κ2) is 3.37. The third-order valence-electron chi connectivity index (χ3n) is 1.84. The summed E-state index contributed by atoms with van der Waals surface area (Å²) in [6.07, 6.45) is 9.43. The average molecular weight is 151 g/mol. The van der Waals surface area contributed by atoms with E-state index in [1.54, 1.807) is 0 Å². The minimum Gasteiger partial charge on any atom is -0.237 e. The van der Waals surface area contributed by atoms with E-state index in [9.17, 15) is 0 Å². The highest BCUT2D eigenvalue weighted by Gasteiger charge is 2.03. The van der Waals surface area contributed by atoms with Crippen molar-refractivity contribution in [1.82, 2.24) is 4.57 Å². The topological polar surface area (TPSA) is 8.81 Å². The number of hydrogen-bond acceptors (Lipinski definition) is 0. The summed E-state index contributed by atoms with van der Waals surface area (Å²) in [4.78, 5) is 0. The van der Waals surface area contributed by atoms with Crippen molar-refractivity contribution in [2.75, 3.05) is 0 Å². The molecular weight excluding hydrogens is 136 g/mol. The van der Waals surface area contributed by atoms with Crippen LogP contribution in [-0.2, 0) is 7.05 Å². The first-order chi connectivity index (χ1) is 5.25. The number of rotatable bonds is 2. The van der Waals surface area contributed by atoms with Crippen LogP contribution in [0.2, 0.25) is 0 Å². The molecule has 2 heteroatoms. The van der Waals surface area contributed by atoms with E-state index >= 15 is 0 Å². The predicted octanol–water partition coefficient (Wildman–Crippen LogP) is 1.50. The van der Waals surface area contributed by atoms with Gasteiger partial charge in [-0.25, -0.2) is 9.13 Å². The minimum atomic E-state index is 1.08. The van der Waals surface area contributed by atoms with E-state index < -0.39 is 0 Å². The molecule has 0 unspecified atom stereocenters. The number of nitrogens with zero attached hydrogens (tertiary/aromatic N) is 2. The summed E-state index contributed by atoms with van der Waals surface area (Å²) < 4.78 is 4.21. The standard InChI is InChI=1S/C9H15N2/c1-4-5-6-11-8-7-10(3)9(11)2/h5-8H,4H2,1-3H3/q+1/b6-5+. The van der Waals surface area contributed by atoms with Gasteiger partial charge in [-0.3, -0.25) is 0 Å². The highest BCUT2D eigenvalue weighted by molar-refractivity contribution is 5.22. The highest BCUT2D eigenvalue weighted by atomic mass is 15.1. The van der Waals surface area contributed by atoms with E-state index in [1.165, 1.54) is 5.82 Å². The van der Waals surface area contributed by atoms with Crippen molar-refractivity contribution in [1.29, 1.82) is 0 Å². The van der Waals surface area contributed by atoms with Gasteiger partial charge in [-0.2, -0.15) is 0 Å². The summed E-state index contributed by atoms with van der Waals surface area (Å²) in [7, 11) is 2.05. The molecule has 0 spiro atoms. The quantitative estimate of drug-likeness (QED) is 0.566. The predicted molar refractivity (Wildman–Crippen MR) is 46.0 cm³/mol. The van der Waals surface area contributed by atoms with Gasteiger partial charge in [-0.1, -0.05) is 6.92 Å². The van der Waals surface area contributed by atoms with E-state index in [0.29, 0.717) is 0 Å². The lowest BCUT2D eigenvalue weighted by atomic mass is 10.5. The number of aryl methyl sites for hydroxylation is 1. The number of allylic oxidation sites excluding steroid dienone is 1. The smallest absolute Gasteiger partial charge is 0.237 e. The van der Waals surface area contributed by atoms with Crippen molar-refractivity contribution >= 4 is 6.20 Å². The lowest BCUT2D eigenvalue weighted by molar-refractivity contribution is -0.676. The largest absolute Gasteiger partial charge is 0.257 e. The summed E-state index contributed by atoms with van der Waals surface area (Å²) in [5.74, 6) is 1.25. The molecule has 0 aliphatic carbocycles. The van der Waals surface area contributed by atoms with Crippen LogP contribution in [0.15, 0.2) is 18.5 Å². The first kappa shape index (κ1) is 8.05. The lowest BCUT2D eigenvalue weighted by Crippen LogP contribution is -2.29. The monoisotopic (exact) mass is 151 g/mol. The molecule has 0 radical (unpaired) electrons. The van der Waals surface area contributed by atoms with Gasteiger partial charge in [0.1, 0.15) is 12.4 Å². The lowest BCUT2D eigenvalue weighted by Gasteiger charge is -1.88. The zero-order chi connectivity index (χ0) is 8.27. The molecule has 0 amide bonds. The first-order valence-corrected chi connectivity index (χ1v) is 3.95. The van der Waals surface area contributed by atoms with Crippen molar-refractivity contribution in [2.45, 2.75) is 20.3 Å². The highest BCUT2D eigenvalue weighted by Crippen LogP contribution is 1.94. The second-order valence-electron chi connectivity index (χ2n) is 2.66. The molecule has 0 fully saturated rings. The first-order valence-electron chi connectivity index (χ1n) is 3.95. The van der Waals surface area contributed by atoms with Crippen LogP contribution >= 0.6 is 0 Å². The Morgan fingerprint density at radius 3 is 2.82 bits per heavy atom. The maximum Gasteiger partial charge on any atom is 0.257 e. The molecule has 0 saturated carbocycles. The SMILES string of the molecule is CC/C=C/n1cc[n+](C)c1C. The van der Waals surface area contributed by atoms with Gasteiger partial charge in [-0.05, 0) is 12.5 Å². The summed E-state index contributed by atoms with van der Waals surface area (Å²) in [5, 5.41) is 0. The van der Waals surface area contributed by atoms with Gasteiger partial charge in [0.25, 0.3) is 5.82 Å². The van der Waals surface area contributed by atoms with Gasteiger partial charge >= 0.3 is 0 Å². The summed E-state index contributed by atoms with van der Waals surface area (Å²) in [6.45, 7) is 4.23. The van der Waals surface area contributed by atoms with Crippen molar-refractivity contribution < 1.29 is 4.57 Å². The van der Waals surface area contributed by atoms with Crippen LogP contribution in [-0.4, -0.2) is 4.57 Å². The van der Waals surface area contributed by atoms with E-state index in [2.05, 4.69) is 47.7 Å². The minimum absolute atomic E-state index is 1.08. The molecule has 0 aliphatic heterocycles. The normalized spacial score (nSPS) is 11.2. The molecule has 2 nitrogen and oxygen atoms in total. The molecule has 0 aromatic carbocycles. The number of hydrogen-bond donors (Lipinski definition) is 0. The van der Waals surface area contributed by atoms with Gasteiger partial charge in [0.15, 0.2) is 0 Å². The Kier molecular flexibility index (Phi) is 2.47. The third kappa shape index (κ3) is 1.70. The van der Waals surface area contributed by atoms with Crippen LogP contribution in [0.3, 0.4) is 0 Å². The van der Waals surface area contributed by atoms with Crippen LogP contribution < -0.4 is 4.57 Å². The fourth-order valence-corrected chi connectivity index (χ4v) is 0.946. The van der Waals surface area contributed by atoms with Crippen LogP contribution in [0.1, 0.15) is 19.2 Å². The van der Waals surface area contributed by atoms with Crippen LogP contribution in [0.25, 0.3) is 6.20 Å². The summed E-state index contributed by atoms with van der Waals surface area (Å²) >= 11 is 0. The number of aromatic nitrogens is 2. The Bertz CT molecular complexity index is 259. The molecule has 1 heterocycles. The van der Waals surface area contributed by atoms with Gasteiger partial charge in [0.05, 0.1) is 13.2 Å². The van der Waals surface area contributed by atoms with E-state index in [-0.39, 0.29) is 0 Å². The van der Waals surface area contributed by atoms with Gasteiger partial charge in [0, 0.05) is 6.92 Å². The Balaban J connectivity index is 2.87. The molecule has 1 aromatic rings. The molecule has 0 aliphatic rings. The molecular formula is C9H15N2+. The van der Waals surface area contributed by atoms with Crippen LogP contribution in [0.5, 0.6) is 0 Å². The second-order valence-corrected chi connectivity index (χ2v) is 2.66. The van der Waals surface area contributed by atoms with E-state index in [4.69, 9.17) is 0 Å². The van der Waals surface area contributed by atoms with Crippen molar-refractivity contribution in [3.05, 3.63) is 24.3 Å². The molecule has 60 valence electrons. The summed E-state index contributed by atoms with van der Waals surface area (Å²) in [5.41, 5.74) is 0. The molecule has 0 saturated heterocycles. The zero-order valence-electron chi connectivity index (χ0n) is 7.41. The van der Waals surface area contributed by atoms with Crippen LogP contribution in [0.4, 0.5) is 0 Å². The molecule has 11 heavy (non-hydrogen) atoms. The Hall–Kier alpha value is -1.05. The fraction of sp³-hybridized carbons (Fsp3) is 0.444. The Morgan fingerprint density at radius 1 is 1.64 bits per heavy atom. The van der Waals surface area contributed by atoms with Gasteiger partial charge in [-0.15, -0.1) is 0 Å². The van der Waals surface area contributed by atoms with Crippen molar-refractivity contribution in [2.24, 2.45) is 7.05 Å². The van der Waals surface area contributed by atoms with Crippen molar-refractivity contribution in [3.8, 4) is 0 Å². The van der Waals surface area contributed by atoms with Gasteiger partial charge in [0.2, 0.25) is 0 Å². The molecule has 0 atom stereocenters. The third-order valence-corrected chi connectivity index (χ3v) is 1.84. The van der Waals surface area contributed by atoms with E-state index in [0.717, 1.165) is 6.42 Å². The van der Waals surface area contributed by atoms with Crippen LogP contribution in [0, 0.1) is 6.92 Å². The Labute approximate surface area is 67.8 Å². The molecule has 0 bridgehead atoms. The molecule has 0 N–H and O–H groups in total. The fourth-order valence-electron chi connectivity index (χ4n) is 0.946. The zero-order valence-corrected chi connectivity index (χ0v) is 7.41.